The van der Waals surface area contributed by atoms with Gasteiger partial charge in [0.25, 0.3) is 11.8 Å². The molecule has 0 saturated carbocycles. The van der Waals surface area contributed by atoms with Gasteiger partial charge in [-0.2, -0.15) is 0 Å². The van der Waals surface area contributed by atoms with Crippen molar-refractivity contribution in [3.63, 3.8) is 0 Å². The number of para-hydroxylation sites is 2. The quantitative estimate of drug-likeness (QED) is 0.351. The lowest BCUT2D eigenvalue weighted by Crippen LogP contribution is -2.44. The summed E-state index contributed by atoms with van der Waals surface area (Å²) >= 11 is 0. The van der Waals surface area contributed by atoms with Gasteiger partial charge in [-0.25, -0.2) is 9.69 Å². The van der Waals surface area contributed by atoms with Crippen LogP contribution in [-0.4, -0.2) is 39.8 Å². The summed E-state index contributed by atoms with van der Waals surface area (Å²) in [5, 5.41) is 4.03. The number of hydrogen-bond acceptors (Lipinski definition) is 3. The highest BCUT2D eigenvalue weighted by Gasteiger charge is 2.53. The van der Waals surface area contributed by atoms with Gasteiger partial charge in [0.1, 0.15) is 12.1 Å². The van der Waals surface area contributed by atoms with Crippen molar-refractivity contribution < 1.29 is 14.4 Å². The Hall–Kier alpha value is -4.39. The van der Waals surface area contributed by atoms with Gasteiger partial charge < -0.3 is 10.3 Å². The van der Waals surface area contributed by atoms with Gasteiger partial charge in [0.05, 0.1) is 11.3 Å². The maximum absolute atomic E-state index is 14.2. The number of amides is 4. The Morgan fingerprint density at radius 2 is 1.74 bits per heavy atom. The zero-order valence-corrected chi connectivity index (χ0v) is 21.7. The number of aromatic nitrogens is 1. The van der Waals surface area contributed by atoms with Crippen LogP contribution in [0.2, 0.25) is 0 Å². The first-order valence-electron chi connectivity index (χ1n) is 13.1. The van der Waals surface area contributed by atoms with E-state index < -0.39 is 18.1 Å². The first-order chi connectivity index (χ1) is 18.4. The Morgan fingerprint density at radius 3 is 2.50 bits per heavy atom. The summed E-state index contributed by atoms with van der Waals surface area (Å²) in [6, 6.07) is 21.4. The lowest BCUT2D eigenvalue weighted by Gasteiger charge is -2.36. The number of nitrogens with one attached hydrogen (secondary N) is 2. The van der Waals surface area contributed by atoms with E-state index in [0.29, 0.717) is 17.7 Å². The number of aromatic amines is 1. The van der Waals surface area contributed by atoms with E-state index in [1.165, 1.54) is 4.90 Å². The minimum absolute atomic E-state index is 0.0314. The second kappa shape index (κ2) is 9.17. The van der Waals surface area contributed by atoms with E-state index in [-0.39, 0.29) is 17.9 Å². The number of urea groups is 1. The monoisotopic (exact) mass is 506 g/mol. The van der Waals surface area contributed by atoms with Crippen LogP contribution in [0.3, 0.4) is 0 Å². The first-order valence-corrected chi connectivity index (χ1v) is 13.1. The summed E-state index contributed by atoms with van der Waals surface area (Å²) in [5.74, 6) is -0.612. The molecule has 3 heterocycles. The van der Waals surface area contributed by atoms with E-state index in [1.54, 1.807) is 29.2 Å². The van der Waals surface area contributed by atoms with Crippen LogP contribution in [0, 0.1) is 6.92 Å². The second-order valence-corrected chi connectivity index (χ2v) is 10.3. The normalized spacial score (nSPS) is 19.4. The zero-order valence-electron chi connectivity index (χ0n) is 21.7. The number of imide groups is 1. The van der Waals surface area contributed by atoms with Gasteiger partial charge in [0.2, 0.25) is 0 Å². The zero-order chi connectivity index (χ0) is 26.6. The molecule has 192 valence electrons. The smallest absolute Gasteiger partial charge is 0.332 e. The molecule has 1 fully saturated rings. The molecular weight excluding hydrogens is 476 g/mol. The number of carbonyl (C=O) groups excluding carboxylic acids is 3. The molecule has 0 aliphatic carbocycles. The molecule has 2 aliphatic rings. The fourth-order valence-electron chi connectivity index (χ4n) is 5.66. The predicted octanol–water partition coefficient (Wildman–Crippen LogP) is 5.49. The molecular formula is C31H30N4O3. The van der Waals surface area contributed by atoms with E-state index in [1.807, 2.05) is 63.2 Å². The lowest BCUT2D eigenvalue weighted by molar-refractivity contribution is -0.120. The summed E-state index contributed by atoms with van der Waals surface area (Å²) in [4.78, 5) is 47.8. The molecule has 0 radical (unpaired) electrons. The van der Waals surface area contributed by atoms with Crippen LogP contribution in [-0.2, 0) is 11.2 Å². The molecule has 0 unspecified atom stereocenters. The number of nitrogens with zero attached hydrogens (tertiary/aromatic N) is 2. The number of hydrogen-bond donors (Lipinski definition) is 2. The van der Waals surface area contributed by atoms with E-state index in [4.69, 9.17) is 0 Å². The Kier molecular flexibility index (Phi) is 5.79. The van der Waals surface area contributed by atoms with E-state index in [2.05, 4.69) is 16.4 Å². The fraction of sp³-hybridized carbons (Fsp3) is 0.258. The number of anilines is 1. The summed E-state index contributed by atoms with van der Waals surface area (Å²) in [6.07, 6.45) is 1.18. The van der Waals surface area contributed by atoms with Gasteiger partial charge in [-0.1, -0.05) is 67.1 Å². The molecule has 4 aromatic rings. The van der Waals surface area contributed by atoms with Crippen LogP contribution in [0.1, 0.15) is 59.1 Å². The van der Waals surface area contributed by atoms with Gasteiger partial charge in [-0.3, -0.25) is 14.5 Å². The summed E-state index contributed by atoms with van der Waals surface area (Å²) in [5.41, 5.74) is 5.64. The van der Waals surface area contributed by atoms with Gasteiger partial charge >= 0.3 is 6.03 Å². The van der Waals surface area contributed by atoms with Crippen LogP contribution in [0.4, 0.5) is 10.5 Å². The Morgan fingerprint density at radius 1 is 1.03 bits per heavy atom. The van der Waals surface area contributed by atoms with E-state index >= 15 is 0 Å². The molecule has 2 aliphatic heterocycles. The van der Waals surface area contributed by atoms with Crippen molar-refractivity contribution in [3.05, 3.63) is 101 Å². The number of rotatable bonds is 5. The molecule has 6 rings (SSSR count). The predicted molar refractivity (Wildman–Crippen MR) is 147 cm³/mol. The van der Waals surface area contributed by atoms with Gasteiger partial charge in [0.15, 0.2) is 0 Å². The van der Waals surface area contributed by atoms with Crippen LogP contribution in [0.5, 0.6) is 0 Å². The highest BCUT2D eigenvalue weighted by atomic mass is 16.2. The highest BCUT2D eigenvalue weighted by molar-refractivity contribution is 6.24. The number of benzene rings is 3. The van der Waals surface area contributed by atoms with E-state index in [0.717, 1.165) is 39.7 Å². The minimum Gasteiger partial charge on any atom is -0.356 e. The molecule has 38 heavy (non-hydrogen) atoms. The minimum atomic E-state index is -0.675. The van der Waals surface area contributed by atoms with Crippen molar-refractivity contribution in [3.8, 4) is 0 Å². The molecule has 7 nitrogen and oxygen atoms in total. The molecule has 7 heteroatoms. The molecule has 1 aromatic heterocycles. The molecule has 0 bridgehead atoms. The number of carbonyl (C=O) groups is 3. The van der Waals surface area contributed by atoms with Crippen molar-refractivity contribution in [1.29, 1.82) is 0 Å². The third-order valence-corrected chi connectivity index (χ3v) is 7.82. The maximum atomic E-state index is 14.2. The maximum Gasteiger partial charge on any atom is 0.332 e. The second-order valence-electron chi connectivity index (χ2n) is 10.3. The number of fused-ring (bicyclic) bond motifs is 4. The highest BCUT2D eigenvalue weighted by Crippen LogP contribution is 2.45. The van der Waals surface area contributed by atoms with Crippen molar-refractivity contribution in [1.82, 2.24) is 15.2 Å². The van der Waals surface area contributed by atoms with Crippen molar-refractivity contribution >= 4 is 34.4 Å². The number of aryl methyl sites for hydroxylation is 1. The lowest BCUT2D eigenvalue weighted by atomic mass is 9.88. The van der Waals surface area contributed by atoms with Crippen molar-refractivity contribution in [2.24, 2.45) is 0 Å². The van der Waals surface area contributed by atoms with E-state index in [9.17, 15) is 14.4 Å². The SMILES string of the molecule is CC[C@@H](C)NC(=O)c1ccccc1N1C(=O)[C@@H]2Cc3c([nH]c4ccccc34)[C@@H](c3ccc(C)cc3)N2C1=O. The Balaban J connectivity index is 1.48. The van der Waals surface area contributed by atoms with Gasteiger partial charge in [-0.05, 0) is 49.6 Å². The topological polar surface area (TPSA) is 85.5 Å². The molecule has 2 N–H and O–H groups in total. The first kappa shape index (κ1) is 24.0. The van der Waals surface area contributed by atoms with Crippen LogP contribution in [0.15, 0.2) is 72.8 Å². The Bertz CT molecular complexity index is 1570. The summed E-state index contributed by atoms with van der Waals surface area (Å²) in [7, 11) is 0. The average Bonchev–Trinajstić information content (AvgIpc) is 3.42. The van der Waals surface area contributed by atoms with Crippen molar-refractivity contribution in [2.75, 3.05) is 4.90 Å². The van der Waals surface area contributed by atoms with Crippen LogP contribution >= 0.6 is 0 Å². The fourth-order valence-corrected chi connectivity index (χ4v) is 5.66. The standard InChI is InChI=1S/C31H30N4O3/c1-4-19(3)32-29(36)22-10-6-8-12-25(22)35-30(37)26-17-23-21-9-5-7-11-24(21)33-27(23)28(34(26)31(35)38)20-15-13-18(2)14-16-20/h5-16,19,26,28,33H,4,17H2,1-3H3,(H,32,36)/t19-,26+,28-/m1/s1. The third kappa shape index (κ3) is 3.69. The molecule has 1 saturated heterocycles. The molecule has 0 spiro atoms. The largest absolute Gasteiger partial charge is 0.356 e. The van der Waals surface area contributed by atoms with Crippen LogP contribution in [0.25, 0.3) is 10.9 Å². The van der Waals surface area contributed by atoms with Crippen LogP contribution < -0.4 is 10.2 Å². The average molecular weight is 507 g/mol. The third-order valence-electron chi connectivity index (χ3n) is 7.82. The van der Waals surface area contributed by atoms with Gasteiger partial charge in [0, 0.05) is 29.1 Å². The summed E-state index contributed by atoms with van der Waals surface area (Å²) in [6.45, 7) is 5.94. The van der Waals surface area contributed by atoms with Crippen molar-refractivity contribution in [2.45, 2.75) is 51.7 Å². The Labute approximate surface area is 221 Å². The summed E-state index contributed by atoms with van der Waals surface area (Å²) < 4.78 is 0. The molecule has 3 atom stereocenters. The molecule has 4 amide bonds. The van der Waals surface area contributed by atoms with Gasteiger partial charge in [-0.15, -0.1) is 0 Å². The number of H-pyrrole nitrogens is 1. The molecule has 3 aromatic carbocycles.